The molecule has 4 aliphatic carbocycles. The molecule has 0 aliphatic heterocycles. The van der Waals surface area contributed by atoms with Gasteiger partial charge in [-0.3, -0.25) is 0 Å². The Morgan fingerprint density at radius 1 is 0.558 bits per heavy atom. The fraction of sp³-hybridized carbons (Fsp3) is 0.417. The smallest absolute Gasteiger partial charge is 0.147 e. The van der Waals surface area contributed by atoms with Crippen LogP contribution in [-0.2, 0) is 53.9 Å². The molecule has 0 fully saturated rings. The molecule has 8 rings (SSSR count). The minimum atomic E-state index is -3.69. The molecule has 4 heteroatoms. The maximum atomic E-state index is 2.82. The molecule has 0 saturated heterocycles. The van der Waals surface area contributed by atoms with E-state index in [2.05, 4.69) is 144 Å². The molecule has 4 aliphatic rings. The van der Waals surface area contributed by atoms with E-state index in [1.54, 1.807) is 66.8 Å². The monoisotopic (exact) mass is 824 g/mol. The molecule has 0 nitrogen and oxygen atoms in total. The van der Waals surface area contributed by atoms with Crippen LogP contribution >= 0.6 is 24.8 Å². The summed E-state index contributed by atoms with van der Waals surface area (Å²) >= 11 is -3.69. The fourth-order valence-corrected chi connectivity index (χ4v) is 32.3. The van der Waals surface area contributed by atoms with E-state index in [-0.39, 0.29) is 35.6 Å². The van der Waals surface area contributed by atoms with Crippen LogP contribution in [0.15, 0.2) is 71.8 Å². The summed E-state index contributed by atoms with van der Waals surface area (Å²) in [6.07, 6.45) is 12.7. The zero-order chi connectivity index (χ0) is 35.6. The number of rotatable bonds is 4. The van der Waals surface area contributed by atoms with Crippen LogP contribution in [-0.4, -0.2) is 6.88 Å². The van der Waals surface area contributed by atoms with Gasteiger partial charge in [-0.2, -0.15) is 0 Å². The van der Waals surface area contributed by atoms with Crippen LogP contribution in [0.25, 0.3) is 34.4 Å². The summed E-state index contributed by atoms with van der Waals surface area (Å²) in [6.45, 7) is 21.4. The molecule has 4 aromatic carbocycles. The van der Waals surface area contributed by atoms with Gasteiger partial charge in [0.25, 0.3) is 0 Å². The largest absolute Gasteiger partial charge is 0.147 e. The third kappa shape index (κ3) is 6.29. The Labute approximate surface area is 329 Å². The van der Waals surface area contributed by atoms with Crippen molar-refractivity contribution in [2.24, 2.45) is 0 Å². The van der Waals surface area contributed by atoms with Gasteiger partial charge in [-0.15, -0.1) is 24.8 Å². The third-order valence-electron chi connectivity index (χ3n) is 13.2. The van der Waals surface area contributed by atoms with E-state index in [1.165, 1.54) is 60.8 Å². The summed E-state index contributed by atoms with van der Waals surface area (Å²) in [5, 5.41) is 0. The van der Waals surface area contributed by atoms with E-state index in [0.717, 1.165) is 0 Å². The van der Waals surface area contributed by atoms with Crippen LogP contribution in [0.1, 0.15) is 131 Å². The quantitative estimate of drug-likeness (QED) is 0.180. The molecule has 0 N–H and O–H groups in total. The second-order valence-electron chi connectivity index (χ2n) is 19.7. The number of hydrogen-bond donors (Lipinski definition) is 0. The molecule has 0 radical (unpaired) electrons. The van der Waals surface area contributed by atoms with E-state index in [0.29, 0.717) is 7.25 Å². The summed E-state index contributed by atoms with van der Waals surface area (Å²) in [5.74, 6) is 0. The van der Waals surface area contributed by atoms with E-state index in [1.807, 2.05) is 0 Å². The predicted octanol–water partition coefficient (Wildman–Crippen LogP) is 13.4. The molecule has 2 atom stereocenters. The summed E-state index contributed by atoms with van der Waals surface area (Å²) in [4.78, 5) is 0. The van der Waals surface area contributed by atoms with Gasteiger partial charge in [0.05, 0.1) is 0 Å². The van der Waals surface area contributed by atoms with Gasteiger partial charge >= 0.3 is 307 Å². The molecule has 0 amide bonds. The van der Waals surface area contributed by atoms with E-state index >= 15 is 0 Å². The summed E-state index contributed by atoms with van der Waals surface area (Å²) in [6, 6.07) is 24.7. The van der Waals surface area contributed by atoms with Gasteiger partial charge in [0, 0.05) is 0 Å². The fourth-order valence-electron chi connectivity index (χ4n) is 11.1. The van der Waals surface area contributed by atoms with Gasteiger partial charge in [-0.1, -0.05) is 0 Å². The standard InChI is InChI=1S/2C23H25.2CH3.2ClH.H2Si.Zr/c2*1-15-12-18-14-17-6-5-7-20(17)22(21(18)13-15)16-8-10-19(11-9-16)23(2,3)4;;;;;;/h2*8-14H,5-7H2,1-4H3;2*1H3;2*1H;1H2;. The van der Waals surface area contributed by atoms with Crippen molar-refractivity contribution in [3.8, 4) is 22.3 Å². The number of allylic oxidation sites excluding steroid dienone is 2. The minimum absolute atomic E-state index is 0. The van der Waals surface area contributed by atoms with Crippen LogP contribution in [0.3, 0.4) is 0 Å². The van der Waals surface area contributed by atoms with Crippen molar-refractivity contribution in [2.45, 2.75) is 121 Å². The van der Waals surface area contributed by atoms with Crippen LogP contribution in [0.2, 0.25) is 9.26 Å². The molecular weight excluding hydrogens is 767 g/mol. The number of aryl methyl sites for hydroxylation is 2. The van der Waals surface area contributed by atoms with E-state index in [9.17, 15) is 0 Å². The number of halogens is 2. The molecule has 2 unspecified atom stereocenters. The van der Waals surface area contributed by atoms with E-state index in [4.69, 9.17) is 0 Å². The van der Waals surface area contributed by atoms with Gasteiger partial charge in [0.2, 0.25) is 0 Å². The number of fused-ring (bicyclic) bond motifs is 4. The first-order valence-corrected chi connectivity index (χ1v) is 33.1. The predicted molar refractivity (Wildman–Crippen MR) is 233 cm³/mol. The molecular formula is C48H60Cl2SiZr. The van der Waals surface area contributed by atoms with Crippen molar-refractivity contribution in [3.05, 3.63) is 127 Å². The zero-order valence-corrected chi connectivity index (χ0v) is 38.9. The molecule has 274 valence electrons. The van der Waals surface area contributed by atoms with E-state index < -0.39 is 17.4 Å². The molecule has 52 heavy (non-hydrogen) atoms. The van der Waals surface area contributed by atoms with Gasteiger partial charge in [0.15, 0.2) is 0 Å². The van der Waals surface area contributed by atoms with Gasteiger partial charge in [-0.25, -0.2) is 0 Å². The Bertz CT molecular complexity index is 2060. The van der Waals surface area contributed by atoms with Crippen LogP contribution in [0.4, 0.5) is 0 Å². The second kappa shape index (κ2) is 13.4. The van der Waals surface area contributed by atoms with Crippen LogP contribution in [0.5, 0.6) is 0 Å². The molecule has 0 heterocycles. The first kappa shape index (κ1) is 39.7. The van der Waals surface area contributed by atoms with Crippen molar-refractivity contribution in [1.29, 1.82) is 0 Å². The molecule has 0 aromatic heterocycles. The normalized spacial score (nSPS) is 19.2. The Morgan fingerprint density at radius 3 is 1.23 bits per heavy atom. The third-order valence-corrected chi connectivity index (χ3v) is 31.1. The van der Waals surface area contributed by atoms with Crippen molar-refractivity contribution >= 4 is 43.8 Å². The Hall–Kier alpha value is -1.96. The minimum Gasteiger partial charge on any atom is -0.147 e. The van der Waals surface area contributed by atoms with Gasteiger partial charge in [-0.05, 0) is 0 Å². The van der Waals surface area contributed by atoms with Crippen molar-refractivity contribution < 1.29 is 17.4 Å². The Morgan fingerprint density at radius 2 is 0.904 bits per heavy atom. The van der Waals surface area contributed by atoms with Crippen molar-refractivity contribution in [1.82, 2.24) is 0 Å². The topological polar surface area (TPSA) is 0 Å². The molecule has 4 aromatic rings. The molecule has 0 spiro atoms. The van der Waals surface area contributed by atoms with Crippen LogP contribution < -0.4 is 0 Å². The SMILES string of the molecule is CC1=Cc2c(cc3c(c2-c2ccc(C(C)(C)C)cc2)CCC3)[CH]1[Zr]([CH3])([CH3])(=[SiH2])[CH]1C(C)=Cc2c1cc1c(c2-c2ccc(C(C)(C)C)cc2)CCC1.Cl.Cl. The second-order valence-corrected chi connectivity index (χ2v) is 50.2. The first-order valence-electron chi connectivity index (χ1n) is 19.5. The first-order chi connectivity index (χ1) is 23.4. The average molecular weight is 827 g/mol. The van der Waals surface area contributed by atoms with Gasteiger partial charge in [0.1, 0.15) is 0 Å². The Kier molecular flexibility index (Phi) is 10.2. The summed E-state index contributed by atoms with van der Waals surface area (Å²) in [7, 11) is 0. The van der Waals surface area contributed by atoms with Crippen molar-refractivity contribution in [3.63, 3.8) is 0 Å². The maximum Gasteiger partial charge on any atom is -0.147 e. The maximum absolute atomic E-state index is 3.69. The summed E-state index contributed by atoms with van der Waals surface area (Å²) < 4.78 is 6.74. The average Bonchev–Trinajstić information content (AvgIpc) is 3.82. The van der Waals surface area contributed by atoms with Crippen LogP contribution in [0, 0.1) is 0 Å². The Balaban J connectivity index is 0.00000232. The van der Waals surface area contributed by atoms with Gasteiger partial charge < -0.3 is 0 Å². The molecule has 0 bridgehead atoms. The summed E-state index contributed by atoms with van der Waals surface area (Å²) in [5.41, 5.74) is 25.2. The number of benzene rings is 4. The number of hydrogen-bond acceptors (Lipinski definition) is 0. The molecule has 0 saturated carbocycles. The zero-order valence-electron chi connectivity index (χ0n) is 33.3. The van der Waals surface area contributed by atoms with Crippen molar-refractivity contribution in [2.75, 3.05) is 0 Å².